The molecule has 1 aliphatic rings. The summed E-state index contributed by atoms with van der Waals surface area (Å²) in [4.78, 5) is 2.20. The lowest BCUT2D eigenvalue weighted by atomic mass is 10.2. The highest BCUT2D eigenvalue weighted by Gasteiger charge is 2.25. The number of rotatable bonds is 4. The molecule has 1 saturated heterocycles. The summed E-state index contributed by atoms with van der Waals surface area (Å²) in [7, 11) is 0. The van der Waals surface area contributed by atoms with Crippen LogP contribution in [0.3, 0.4) is 0 Å². The minimum Gasteiger partial charge on any atom is -0.424 e. The van der Waals surface area contributed by atoms with E-state index >= 15 is 0 Å². The normalized spacial score (nSPS) is 22.4. The number of likely N-dealkylation sites (tertiary alicyclic amines) is 1. The second-order valence-electron chi connectivity index (χ2n) is 3.89. The number of aliphatic hydroxyl groups is 1. The SMILES string of the molecule is CCc1nnc(CN2CCCC2CO)o1. The molecule has 1 unspecified atom stereocenters. The van der Waals surface area contributed by atoms with E-state index in [-0.39, 0.29) is 12.6 Å². The van der Waals surface area contributed by atoms with Gasteiger partial charge in [0.25, 0.3) is 0 Å². The van der Waals surface area contributed by atoms with Crippen molar-refractivity contribution in [2.75, 3.05) is 13.2 Å². The van der Waals surface area contributed by atoms with Crippen LogP contribution in [0.5, 0.6) is 0 Å². The molecule has 0 saturated carbocycles. The maximum Gasteiger partial charge on any atom is 0.230 e. The molecule has 0 spiro atoms. The smallest absolute Gasteiger partial charge is 0.230 e. The van der Waals surface area contributed by atoms with Crippen LogP contribution in [0.25, 0.3) is 0 Å². The van der Waals surface area contributed by atoms with Crippen LogP contribution in [0.2, 0.25) is 0 Å². The first-order valence-electron chi connectivity index (χ1n) is 5.49. The van der Waals surface area contributed by atoms with Crippen molar-refractivity contribution in [2.24, 2.45) is 0 Å². The van der Waals surface area contributed by atoms with Gasteiger partial charge in [0.1, 0.15) is 0 Å². The van der Waals surface area contributed by atoms with Gasteiger partial charge in [-0.1, -0.05) is 6.92 Å². The molecule has 84 valence electrons. The highest BCUT2D eigenvalue weighted by molar-refractivity contribution is 4.86. The Labute approximate surface area is 89.1 Å². The van der Waals surface area contributed by atoms with E-state index in [0.717, 1.165) is 25.8 Å². The van der Waals surface area contributed by atoms with E-state index in [0.29, 0.717) is 18.3 Å². The Morgan fingerprint density at radius 3 is 2.93 bits per heavy atom. The van der Waals surface area contributed by atoms with Crippen LogP contribution in [-0.2, 0) is 13.0 Å². The van der Waals surface area contributed by atoms with Gasteiger partial charge in [-0.3, -0.25) is 4.90 Å². The third-order valence-corrected chi connectivity index (χ3v) is 2.86. The first kappa shape index (κ1) is 10.6. The molecular formula is C10H17N3O2. The maximum absolute atomic E-state index is 9.16. The van der Waals surface area contributed by atoms with Gasteiger partial charge in [-0.25, -0.2) is 0 Å². The number of aliphatic hydroxyl groups excluding tert-OH is 1. The van der Waals surface area contributed by atoms with E-state index in [1.54, 1.807) is 0 Å². The van der Waals surface area contributed by atoms with Crippen LogP contribution in [0.1, 0.15) is 31.5 Å². The highest BCUT2D eigenvalue weighted by atomic mass is 16.4. The molecule has 5 heteroatoms. The van der Waals surface area contributed by atoms with Crippen molar-refractivity contribution in [1.29, 1.82) is 0 Å². The molecule has 0 bridgehead atoms. The zero-order valence-corrected chi connectivity index (χ0v) is 9.02. The second kappa shape index (κ2) is 4.72. The molecule has 1 aromatic rings. The lowest BCUT2D eigenvalue weighted by Crippen LogP contribution is -2.31. The molecule has 0 aromatic carbocycles. The van der Waals surface area contributed by atoms with Crippen LogP contribution in [0.4, 0.5) is 0 Å². The van der Waals surface area contributed by atoms with Crippen molar-refractivity contribution in [1.82, 2.24) is 15.1 Å². The monoisotopic (exact) mass is 211 g/mol. The molecular weight excluding hydrogens is 194 g/mol. The first-order chi connectivity index (χ1) is 7.33. The molecule has 0 radical (unpaired) electrons. The third kappa shape index (κ3) is 2.35. The van der Waals surface area contributed by atoms with Crippen molar-refractivity contribution in [2.45, 2.75) is 38.8 Å². The second-order valence-corrected chi connectivity index (χ2v) is 3.89. The van der Waals surface area contributed by atoms with E-state index < -0.39 is 0 Å². The Hall–Kier alpha value is -0.940. The van der Waals surface area contributed by atoms with Gasteiger partial charge in [-0.15, -0.1) is 10.2 Å². The highest BCUT2D eigenvalue weighted by Crippen LogP contribution is 2.19. The predicted octanol–water partition coefficient (Wildman–Crippen LogP) is 0.589. The van der Waals surface area contributed by atoms with E-state index in [1.807, 2.05) is 6.92 Å². The first-order valence-corrected chi connectivity index (χ1v) is 5.49. The molecule has 0 aliphatic carbocycles. The fourth-order valence-electron chi connectivity index (χ4n) is 1.98. The fraction of sp³-hybridized carbons (Fsp3) is 0.800. The van der Waals surface area contributed by atoms with E-state index in [4.69, 9.17) is 9.52 Å². The van der Waals surface area contributed by atoms with Gasteiger partial charge >= 0.3 is 0 Å². The molecule has 15 heavy (non-hydrogen) atoms. The Morgan fingerprint density at radius 1 is 1.47 bits per heavy atom. The Balaban J connectivity index is 1.95. The summed E-state index contributed by atoms with van der Waals surface area (Å²) in [6.45, 7) is 3.88. The fourth-order valence-corrected chi connectivity index (χ4v) is 1.98. The number of nitrogens with zero attached hydrogens (tertiary/aromatic N) is 3. The summed E-state index contributed by atoms with van der Waals surface area (Å²) in [6.07, 6.45) is 2.97. The van der Waals surface area contributed by atoms with Gasteiger partial charge in [0.15, 0.2) is 0 Å². The quantitative estimate of drug-likeness (QED) is 0.789. The van der Waals surface area contributed by atoms with Crippen molar-refractivity contribution in [3.63, 3.8) is 0 Å². The summed E-state index contributed by atoms with van der Waals surface area (Å²) in [6, 6.07) is 0.266. The summed E-state index contributed by atoms with van der Waals surface area (Å²) >= 11 is 0. The van der Waals surface area contributed by atoms with Gasteiger partial charge in [-0.05, 0) is 19.4 Å². The average Bonchev–Trinajstić information content (AvgIpc) is 2.87. The molecule has 1 N–H and O–H groups in total. The van der Waals surface area contributed by atoms with Gasteiger partial charge in [-0.2, -0.15) is 0 Å². The minimum absolute atomic E-state index is 0.217. The molecule has 2 rings (SSSR count). The molecule has 5 nitrogen and oxygen atoms in total. The number of hydrogen-bond donors (Lipinski definition) is 1. The Kier molecular flexibility index (Phi) is 3.33. The lowest BCUT2D eigenvalue weighted by molar-refractivity contribution is 0.144. The van der Waals surface area contributed by atoms with Gasteiger partial charge in [0.2, 0.25) is 11.8 Å². The number of aromatic nitrogens is 2. The van der Waals surface area contributed by atoms with Crippen molar-refractivity contribution >= 4 is 0 Å². The Bertz CT molecular complexity index is 313. The maximum atomic E-state index is 9.16. The summed E-state index contributed by atoms with van der Waals surface area (Å²) < 4.78 is 5.44. The zero-order chi connectivity index (χ0) is 10.7. The average molecular weight is 211 g/mol. The third-order valence-electron chi connectivity index (χ3n) is 2.86. The topological polar surface area (TPSA) is 62.4 Å². The summed E-state index contributed by atoms with van der Waals surface area (Å²) in [5.74, 6) is 1.34. The van der Waals surface area contributed by atoms with E-state index in [1.165, 1.54) is 0 Å². The standard InChI is InChI=1S/C10H17N3O2/c1-2-9-11-12-10(15-9)6-13-5-3-4-8(13)7-14/h8,14H,2-7H2,1H3. The van der Waals surface area contributed by atoms with Crippen molar-refractivity contribution in [3.8, 4) is 0 Å². The van der Waals surface area contributed by atoms with E-state index in [9.17, 15) is 0 Å². The van der Waals surface area contributed by atoms with Crippen molar-refractivity contribution in [3.05, 3.63) is 11.8 Å². The molecule has 1 atom stereocenters. The summed E-state index contributed by atoms with van der Waals surface area (Å²) in [5.41, 5.74) is 0. The minimum atomic E-state index is 0.217. The molecule has 1 aliphatic heterocycles. The van der Waals surface area contributed by atoms with Gasteiger partial charge < -0.3 is 9.52 Å². The number of hydrogen-bond acceptors (Lipinski definition) is 5. The predicted molar refractivity (Wildman–Crippen MR) is 54.2 cm³/mol. The van der Waals surface area contributed by atoms with Crippen molar-refractivity contribution < 1.29 is 9.52 Å². The lowest BCUT2D eigenvalue weighted by Gasteiger charge is -2.20. The van der Waals surface area contributed by atoms with E-state index in [2.05, 4.69) is 15.1 Å². The van der Waals surface area contributed by atoms with Crippen LogP contribution in [0.15, 0.2) is 4.42 Å². The molecule has 2 heterocycles. The number of aryl methyl sites for hydroxylation is 1. The van der Waals surface area contributed by atoms with Gasteiger partial charge in [0.05, 0.1) is 13.2 Å². The van der Waals surface area contributed by atoms with Crippen LogP contribution in [0, 0.1) is 0 Å². The molecule has 0 amide bonds. The molecule has 1 aromatic heterocycles. The Morgan fingerprint density at radius 2 is 2.27 bits per heavy atom. The van der Waals surface area contributed by atoms with Crippen LogP contribution >= 0.6 is 0 Å². The van der Waals surface area contributed by atoms with Crippen LogP contribution < -0.4 is 0 Å². The molecule has 1 fully saturated rings. The largest absolute Gasteiger partial charge is 0.424 e. The van der Waals surface area contributed by atoms with Crippen LogP contribution in [-0.4, -0.2) is 39.4 Å². The summed E-state index contributed by atoms with van der Waals surface area (Å²) in [5, 5.41) is 17.1. The van der Waals surface area contributed by atoms with Gasteiger partial charge in [0, 0.05) is 12.5 Å². The zero-order valence-electron chi connectivity index (χ0n) is 9.02.